The highest BCUT2D eigenvalue weighted by molar-refractivity contribution is 7.25. The Kier molecular flexibility index (Phi) is 6.16. The number of para-hydroxylation sites is 1. The van der Waals surface area contributed by atoms with Gasteiger partial charge in [0.25, 0.3) is 0 Å². The summed E-state index contributed by atoms with van der Waals surface area (Å²) in [4.78, 5) is 2.37. The maximum Gasteiger partial charge on any atom is 0.135 e. The molecule has 0 atom stereocenters. The number of furan rings is 1. The molecule has 0 amide bonds. The average molecular weight is 668 g/mol. The van der Waals surface area contributed by atoms with Crippen LogP contribution in [0.25, 0.3) is 85.6 Å². The molecule has 0 aliphatic heterocycles. The van der Waals surface area contributed by atoms with E-state index in [0.717, 1.165) is 39.0 Å². The maximum atomic E-state index is 6.22. The van der Waals surface area contributed by atoms with Gasteiger partial charge in [-0.2, -0.15) is 0 Å². The van der Waals surface area contributed by atoms with E-state index in [1.54, 1.807) is 0 Å². The van der Waals surface area contributed by atoms with Crippen LogP contribution >= 0.6 is 11.3 Å². The van der Waals surface area contributed by atoms with Crippen molar-refractivity contribution in [1.82, 2.24) is 0 Å². The lowest BCUT2D eigenvalue weighted by Crippen LogP contribution is -2.09. The molecule has 11 rings (SSSR count). The Morgan fingerprint density at radius 2 is 0.961 bits per heavy atom. The Morgan fingerprint density at radius 3 is 1.88 bits per heavy atom. The van der Waals surface area contributed by atoms with Crippen LogP contribution in [-0.2, 0) is 0 Å². The number of nitrogens with zero attached hydrogens (tertiary/aromatic N) is 1. The van der Waals surface area contributed by atoms with Crippen LogP contribution in [0.2, 0.25) is 0 Å². The standard InChI is InChI=1S/C48H29NOS/c1-2-9-35-30(8-1)18-23-40-37-13-7-12-36(38(37)25-26-39(35)40)31-16-19-32(20-17-31)49(33-22-27-46-44(28-33)41-10-3-5-14-45(41)50-46)34-21-24-43-42-11-4-6-15-47(42)51-48(43)29-34/h1-29H. The van der Waals surface area contributed by atoms with Gasteiger partial charge in [-0.15, -0.1) is 11.3 Å². The van der Waals surface area contributed by atoms with Crippen molar-refractivity contribution in [2.24, 2.45) is 0 Å². The number of anilines is 3. The molecule has 0 unspecified atom stereocenters. The van der Waals surface area contributed by atoms with E-state index < -0.39 is 0 Å². The van der Waals surface area contributed by atoms with Gasteiger partial charge < -0.3 is 9.32 Å². The molecule has 0 bridgehead atoms. The van der Waals surface area contributed by atoms with Crippen LogP contribution in [0.5, 0.6) is 0 Å². The van der Waals surface area contributed by atoms with Gasteiger partial charge in [-0.1, -0.05) is 121 Å². The van der Waals surface area contributed by atoms with Crippen LogP contribution in [0, 0.1) is 0 Å². The van der Waals surface area contributed by atoms with Crippen molar-refractivity contribution in [3.8, 4) is 11.1 Å². The first-order valence-corrected chi connectivity index (χ1v) is 18.1. The SMILES string of the molecule is c1ccc2c(c1)ccc1c3cccc(-c4ccc(N(c5ccc6c(c5)sc5ccccc56)c5ccc6oc7ccccc7c6c5)cc4)c3ccc21. The predicted octanol–water partition coefficient (Wildman–Crippen LogP) is 14.6. The molecule has 2 nitrogen and oxygen atoms in total. The van der Waals surface area contributed by atoms with Crippen molar-refractivity contribution >= 4 is 103 Å². The number of thiophene rings is 1. The largest absolute Gasteiger partial charge is 0.456 e. The molecular weight excluding hydrogens is 639 g/mol. The number of hydrogen-bond acceptors (Lipinski definition) is 3. The molecule has 0 aliphatic carbocycles. The molecule has 51 heavy (non-hydrogen) atoms. The van der Waals surface area contributed by atoms with E-state index in [0.29, 0.717) is 0 Å². The van der Waals surface area contributed by atoms with E-state index in [1.165, 1.54) is 63.6 Å². The molecule has 238 valence electrons. The van der Waals surface area contributed by atoms with Crippen molar-refractivity contribution in [3.05, 3.63) is 176 Å². The van der Waals surface area contributed by atoms with Crippen LogP contribution in [0.3, 0.4) is 0 Å². The van der Waals surface area contributed by atoms with Gasteiger partial charge in [-0.3, -0.25) is 0 Å². The summed E-state index contributed by atoms with van der Waals surface area (Å²) in [6, 6.07) is 63.9. The third-order valence-electron chi connectivity index (χ3n) is 10.5. The summed E-state index contributed by atoms with van der Waals surface area (Å²) < 4.78 is 8.81. The minimum Gasteiger partial charge on any atom is -0.456 e. The molecule has 0 spiro atoms. The summed E-state index contributed by atoms with van der Waals surface area (Å²) in [5.41, 5.74) is 7.54. The summed E-state index contributed by atoms with van der Waals surface area (Å²) in [6.07, 6.45) is 0. The van der Waals surface area contributed by atoms with Crippen LogP contribution in [-0.4, -0.2) is 0 Å². The van der Waals surface area contributed by atoms with E-state index in [-0.39, 0.29) is 0 Å². The highest BCUT2D eigenvalue weighted by Gasteiger charge is 2.18. The normalized spacial score (nSPS) is 11.9. The second-order valence-corrected chi connectivity index (χ2v) is 14.4. The molecular formula is C48H29NOS. The minimum atomic E-state index is 0.895. The molecule has 0 saturated heterocycles. The fraction of sp³-hybridized carbons (Fsp3) is 0. The topological polar surface area (TPSA) is 16.4 Å². The van der Waals surface area contributed by atoms with Gasteiger partial charge in [0, 0.05) is 48.0 Å². The summed E-state index contributed by atoms with van der Waals surface area (Å²) >= 11 is 1.85. The Hall–Kier alpha value is -6.42. The fourth-order valence-electron chi connectivity index (χ4n) is 8.05. The molecule has 0 radical (unpaired) electrons. The predicted molar refractivity (Wildman–Crippen MR) is 219 cm³/mol. The first-order valence-electron chi connectivity index (χ1n) is 17.3. The van der Waals surface area contributed by atoms with Crippen LogP contribution in [0.4, 0.5) is 17.1 Å². The highest BCUT2D eigenvalue weighted by Crippen LogP contribution is 2.43. The zero-order chi connectivity index (χ0) is 33.5. The second kappa shape index (κ2) is 11.0. The molecule has 0 aliphatic rings. The zero-order valence-electron chi connectivity index (χ0n) is 27.5. The molecule has 9 aromatic carbocycles. The average Bonchev–Trinajstić information content (AvgIpc) is 3.75. The quantitative estimate of drug-likeness (QED) is 0.174. The fourth-order valence-corrected chi connectivity index (χ4v) is 9.19. The van der Waals surface area contributed by atoms with E-state index in [2.05, 4.69) is 169 Å². The van der Waals surface area contributed by atoms with Crippen molar-refractivity contribution in [1.29, 1.82) is 0 Å². The highest BCUT2D eigenvalue weighted by atomic mass is 32.1. The summed E-state index contributed by atoms with van der Waals surface area (Å²) in [5.74, 6) is 0. The second-order valence-electron chi connectivity index (χ2n) is 13.3. The number of fused-ring (bicyclic) bond motifs is 11. The van der Waals surface area contributed by atoms with Crippen molar-refractivity contribution in [2.45, 2.75) is 0 Å². The third kappa shape index (κ3) is 4.42. The maximum absolute atomic E-state index is 6.22. The van der Waals surface area contributed by atoms with E-state index in [9.17, 15) is 0 Å². The van der Waals surface area contributed by atoms with Crippen molar-refractivity contribution in [3.63, 3.8) is 0 Å². The Labute approximate surface area is 298 Å². The lowest BCUT2D eigenvalue weighted by molar-refractivity contribution is 0.669. The van der Waals surface area contributed by atoms with E-state index >= 15 is 0 Å². The van der Waals surface area contributed by atoms with Crippen LogP contribution in [0.15, 0.2) is 180 Å². The molecule has 2 aromatic heterocycles. The lowest BCUT2D eigenvalue weighted by atomic mass is 9.92. The Bertz CT molecular complexity index is 3150. The lowest BCUT2D eigenvalue weighted by Gasteiger charge is -2.26. The first-order chi connectivity index (χ1) is 25.3. The van der Waals surface area contributed by atoms with Crippen LogP contribution in [0.1, 0.15) is 0 Å². The van der Waals surface area contributed by atoms with Crippen molar-refractivity contribution in [2.75, 3.05) is 4.90 Å². The first kappa shape index (κ1) is 28.4. The monoisotopic (exact) mass is 667 g/mol. The smallest absolute Gasteiger partial charge is 0.135 e. The molecule has 3 heteroatoms. The van der Waals surface area contributed by atoms with Crippen LogP contribution < -0.4 is 4.90 Å². The molecule has 0 fully saturated rings. The van der Waals surface area contributed by atoms with Gasteiger partial charge >= 0.3 is 0 Å². The molecule has 2 heterocycles. The van der Waals surface area contributed by atoms with Gasteiger partial charge in [-0.05, 0) is 98.0 Å². The minimum absolute atomic E-state index is 0.895. The molecule has 11 aromatic rings. The van der Waals surface area contributed by atoms with Crippen molar-refractivity contribution < 1.29 is 4.42 Å². The number of benzene rings is 9. The van der Waals surface area contributed by atoms with E-state index in [1.807, 2.05) is 23.5 Å². The Balaban J connectivity index is 1.07. The Morgan fingerprint density at radius 1 is 0.353 bits per heavy atom. The molecule has 0 saturated carbocycles. The summed E-state index contributed by atoms with van der Waals surface area (Å²) in [7, 11) is 0. The van der Waals surface area contributed by atoms with E-state index in [4.69, 9.17) is 4.42 Å². The third-order valence-corrected chi connectivity index (χ3v) is 11.6. The number of hydrogen-bond donors (Lipinski definition) is 0. The summed E-state index contributed by atoms with van der Waals surface area (Å²) in [6.45, 7) is 0. The van der Waals surface area contributed by atoms with Gasteiger partial charge in [0.2, 0.25) is 0 Å². The summed E-state index contributed by atoms with van der Waals surface area (Å²) in [5, 5.41) is 12.5. The molecule has 0 N–H and O–H groups in total. The van der Waals surface area contributed by atoms with Gasteiger partial charge in [0.1, 0.15) is 11.2 Å². The van der Waals surface area contributed by atoms with Gasteiger partial charge in [0.15, 0.2) is 0 Å². The zero-order valence-corrected chi connectivity index (χ0v) is 28.3. The van der Waals surface area contributed by atoms with Gasteiger partial charge in [0.05, 0.1) is 0 Å². The number of rotatable bonds is 4. The van der Waals surface area contributed by atoms with Gasteiger partial charge in [-0.25, -0.2) is 0 Å².